The van der Waals surface area contributed by atoms with Crippen molar-refractivity contribution in [1.29, 1.82) is 0 Å². The number of hydrogen-bond donors (Lipinski definition) is 3. The fourth-order valence-electron chi connectivity index (χ4n) is 3.43. The monoisotopic (exact) mass is 442 g/mol. The number of nitrogens with zero attached hydrogens (tertiary/aromatic N) is 3. The van der Waals surface area contributed by atoms with Gasteiger partial charge in [-0.15, -0.1) is 6.42 Å². The maximum Gasteiger partial charge on any atom is 0.413 e. The minimum absolute atomic E-state index is 0.0960. The lowest BCUT2D eigenvalue weighted by Crippen LogP contribution is -2.41. The number of amides is 1. The summed E-state index contributed by atoms with van der Waals surface area (Å²) < 4.78 is 12.6. The molecular weight excluding hydrogens is 424 g/mol. The minimum atomic E-state index is -1.50. The van der Waals surface area contributed by atoms with E-state index in [2.05, 4.69) is 21.2 Å². The Morgan fingerprint density at radius 3 is 2.84 bits per heavy atom. The second kappa shape index (κ2) is 8.53. The number of ether oxygens (including phenoxy) is 2. The van der Waals surface area contributed by atoms with E-state index in [1.807, 2.05) is 30.3 Å². The number of nitrogens with one attached hydrogen (secondary N) is 1. The SMILES string of the molecule is C#C[C@]1(CO)O[C@@H](n2ccc3c(NC(=O)OCc4ccccc4)nc(Cl)nc32)C[C@@H]1O. The molecule has 0 radical (unpaired) electrons. The number of anilines is 1. The van der Waals surface area contributed by atoms with Gasteiger partial charge in [0.05, 0.1) is 12.0 Å². The molecule has 2 aromatic heterocycles. The van der Waals surface area contributed by atoms with E-state index in [9.17, 15) is 15.0 Å². The number of fused-ring (bicyclic) bond motifs is 1. The molecule has 0 unspecified atom stereocenters. The highest BCUT2D eigenvalue weighted by Crippen LogP contribution is 2.38. The Kier molecular flexibility index (Phi) is 5.80. The van der Waals surface area contributed by atoms with Crippen LogP contribution in [0.4, 0.5) is 10.6 Å². The molecule has 3 heterocycles. The summed E-state index contributed by atoms with van der Waals surface area (Å²) in [5.74, 6) is 2.49. The van der Waals surface area contributed by atoms with Gasteiger partial charge in [-0.05, 0) is 23.2 Å². The van der Waals surface area contributed by atoms with E-state index in [1.54, 1.807) is 16.8 Å². The fraction of sp³-hybridized carbons (Fsp3) is 0.286. The van der Waals surface area contributed by atoms with Crippen molar-refractivity contribution in [2.75, 3.05) is 11.9 Å². The van der Waals surface area contributed by atoms with Crippen LogP contribution < -0.4 is 5.32 Å². The number of aromatic nitrogens is 3. The zero-order valence-corrected chi connectivity index (χ0v) is 17.0. The van der Waals surface area contributed by atoms with Crippen LogP contribution in [0.2, 0.25) is 5.28 Å². The number of benzene rings is 1. The van der Waals surface area contributed by atoms with E-state index in [0.717, 1.165) is 5.56 Å². The Hall–Kier alpha value is -3.16. The summed E-state index contributed by atoms with van der Waals surface area (Å²) in [5, 5.41) is 22.8. The molecule has 0 saturated carbocycles. The Morgan fingerprint density at radius 1 is 1.39 bits per heavy atom. The van der Waals surface area contributed by atoms with Crippen LogP contribution >= 0.6 is 11.6 Å². The predicted octanol–water partition coefficient (Wildman–Crippen LogP) is 2.48. The van der Waals surface area contributed by atoms with Crippen LogP contribution in [-0.2, 0) is 16.1 Å². The van der Waals surface area contributed by atoms with Crippen LogP contribution in [-0.4, -0.2) is 49.2 Å². The summed E-state index contributed by atoms with van der Waals surface area (Å²) in [5.41, 5.74) is -0.297. The van der Waals surface area contributed by atoms with Gasteiger partial charge in [-0.3, -0.25) is 5.32 Å². The number of carbonyl (C=O) groups is 1. The summed E-state index contributed by atoms with van der Waals surface area (Å²) >= 11 is 6.06. The molecule has 31 heavy (non-hydrogen) atoms. The fourth-order valence-corrected chi connectivity index (χ4v) is 3.59. The van der Waals surface area contributed by atoms with Gasteiger partial charge < -0.3 is 24.3 Å². The van der Waals surface area contributed by atoms with E-state index in [4.69, 9.17) is 27.5 Å². The van der Waals surface area contributed by atoms with Gasteiger partial charge >= 0.3 is 6.09 Å². The average Bonchev–Trinajstić information content (AvgIpc) is 3.34. The standard InChI is InChI=1S/C21H19ClN4O5/c1-2-21(12-27)15(28)10-16(31-21)26-9-8-14-17(23-19(22)25-18(14)26)24-20(29)30-11-13-6-4-3-5-7-13/h1,3-9,15-16,27-28H,10-12H2,(H,23,24,25,29)/t15-,16+,21+/m0/s1. The molecule has 1 aliphatic heterocycles. The second-order valence-corrected chi connectivity index (χ2v) is 7.34. The van der Waals surface area contributed by atoms with E-state index in [1.165, 1.54) is 0 Å². The van der Waals surface area contributed by atoms with E-state index in [0.29, 0.717) is 11.0 Å². The minimum Gasteiger partial charge on any atom is -0.444 e. The number of terminal acetylenes is 1. The Bertz CT molecular complexity index is 1150. The molecule has 1 amide bonds. The molecule has 0 aliphatic carbocycles. The van der Waals surface area contributed by atoms with Gasteiger partial charge in [0.15, 0.2) is 5.60 Å². The first-order valence-electron chi connectivity index (χ1n) is 9.42. The highest BCUT2D eigenvalue weighted by atomic mass is 35.5. The van der Waals surface area contributed by atoms with Crippen molar-refractivity contribution in [3.05, 3.63) is 53.4 Å². The molecule has 4 rings (SSSR count). The normalized spacial score (nSPS) is 22.9. The molecular formula is C21H19ClN4O5. The first-order valence-corrected chi connectivity index (χ1v) is 9.80. The largest absolute Gasteiger partial charge is 0.444 e. The summed E-state index contributed by atoms with van der Waals surface area (Å²) in [6.45, 7) is -0.436. The molecule has 9 nitrogen and oxygen atoms in total. The van der Waals surface area contributed by atoms with Crippen molar-refractivity contribution in [3.63, 3.8) is 0 Å². The predicted molar refractivity (Wildman–Crippen MR) is 112 cm³/mol. The Balaban J connectivity index is 1.56. The van der Waals surface area contributed by atoms with Gasteiger partial charge in [-0.25, -0.2) is 4.79 Å². The third-order valence-electron chi connectivity index (χ3n) is 5.08. The lowest BCUT2D eigenvalue weighted by Gasteiger charge is -2.23. The molecule has 3 atom stereocenters. The van der Waals surface area contributed by atoms with Crippen molar-refractivity contribution < 1.29 is 24.5 Å². The zero-order valence-electron chi connectivity index (χ0n) is 16.2. The number of aliphatic hydroxyl groups excluding tert-OH is 2. The van der Waals surface area contributed by atoms with Crippen molar-refractivity contribution in [3.8, 4) is 12.3 Å². The topological polar surface area (TPSA) is 119 Å². The molecule has 3 N–H and O–H groups in total. The molecule has 0 spiro atoms. The molecule has 10 heteroatoms. The quantitative estimate of drug-likeness (QED) is 0.410. The van der Waals surface area contributed by atoms with Crippen molar-refractivity contribution in [1.82, 2.24) is 14.5 Å². The third kappa shape index (κ3) is 4.06. The maximum absolute atomic E-state index is 12.3. The first-order chi connectivity index (χ1) is 15.0. The van der Waals surface area contributed by atoms with Gasteiger partial charge in [-0.2, -0.15) is 9.97 Å². The lowest BCUT2D eigenvalue weighted by molar-refractivity contribution is -0.0890. The van der Waals surface area contributed by atoms with Crippen LogP contribution in [0.5, 0.6) is 0 Å². The molecule has 1 aromatic carbocycles. The lowest BCUT2D eigenvalue weighted by atomic mass is 9.99. The van der Waals surface area contributed by atoms with Gasteiger partial charge in [0, 0.05) is 12.6 Å². The van der Waals surface area contributed by atoms with Crippen LogP contribution in [0, 0.1) is 12.3 Å². The van der Waals surface area contributed by atoms with Crippen molar-refractivity contribution in [2.24, 2.45) is 0 Å². The third-order valence-corrected chi connectivity index (χ3v) is 5.25. The summed E-state index contributed by atoms with van der Waals surface area (Å²) in [7, 11) is 0. The van der Waals surface area contributed by atoms with E-state index >= 15 is 0 Å². The van der Waals surface area contributed by atoms with Gasteiger partial charge in [0.25, 0.3) is 0 Å². The highest BCUT2D eigenvalue weighted by Gasteiger charge is 2.47. The number of aliphatic hydroxyl groups is 2. The smallest absolute Gasteiger partial charge is 0.413 e. The summed E-state index contributed by atoms with van der Waals surface area (Å²) in [4.78, 5) is 20.6. The second-order valence-electron chi connectivity index (χ2n) is 7.00. The average molecular weight is 443 g/mol. The van der Waals surface area contributed by atoms with Crippen LogP contribution in [0.3, 0.4) is 0 Å². The molecule has 1 aliphatic rings. The van der Waals surface area contributed by atoms with Crippen LogP contribution in [0.1, 0.15) is 18.2 Å². The molecule has 0 bridgehead atoms. The first kappa shape index (κ1) is 21.1. The van der Waals surface area contributed by atoms with E-state index < -0.39 is 30.6 Å². The van der Waals surface area contributed by atoms with Crippen LogP contribution in [0.25, 0.3) is 11.0 Å². The number of rotatable bonds is 5. The summed E-state index contributed by atoms with van der Waals surface area (Å²) in [6.07, 6.45) is 4.79. The molecule has 1 saturated heterocycles. The zero-order chi connectivity index (χ0) is 22.0. The van der Waals surface area contributed by atoms with Crippen molar-refractivity contribution in [2.45, 2.75) is 31.0 Å². The van der Waals surface area contributed by atoms with Crippen molar-refractivity contribution >= 4 is 34.5 Å². The molecule has 1 fully saturated rings. The van der Waals surface area contributed by atoms with Crippen LogP contribution in [0.15, 0.2) is 42.6 Å². The summed E-state index contributed by atoms with van der Waals surface area (Å²) in [6, 6.07) is 10.9. The molecule has 160 valence electrons. The Morgan fingerprint density at radius 2 is 2.16 bits per heavy atom. The van der Waals surface area contributed by atoms with Gasteiger partial charge in [-0.1, -0.05) is 36.3 Å². The highest BCUT2D eigenvalue weighted by molar-refractivity contribution is 6.28. The van der Waals surface area contributed by atoms with E-state index in [-0.39, 0.29) is 24.1 Å². The Labute approximate surface area is 182 Å². The van der Waals surface area contributed by atoms with Gasteiger partial charge in [0.1, 0.15) is 30.4 Å². The van der Waals surface area contributed by atoms with Gasteiger partial charge in [0.2, 0.25) is 5.28 Å². The number of carbonyl (C=O) groups excluding carboxylic acids is 1. The maximum atomic E-state index is 12.3. The molecule has 3 aromatic rings. The number of hydrogen-bond acceptors (Lipinski definition) is 7. The number of halogens is 1.